The summed E-state index contributed by atoms with van der Waals surface area (Å²) < 4.78 is 5.43. The first-order chi connectivity index (χ1) is 15.5. The predicted octanol–water partition coefficient (Wildman–Crippen LogP) is 8.62. The second-order valence-electron chi connectivity index (χ2n) is 9.43. The molecule has 0 N–H and O–H groups in total. The SMILES string of the molecule is CC.CC.CC(C)(C)c1ccc(C(=O)Oc2ccc(-c3ccc(C(C)(C)C)cc3)cn2)cc1. The van der Waals surface area contributed by atoms with Gasteiger partial charge in [0.2, 0.25) is 5.88 Å². The molecule has 0 saturated carbocycles. The van der Waals surface area contributed by atoms with Crippen molar-refractivity contribution in [3.05, 3.63) is 83.6 Å². The van der Waals surface area contributed by atoms with Crippen molar-refractivity contribution in [2.24, 2.45) is 0 Å². The van der Waals surface area contributed by atoms with Crippen LogP contribution in [0.5, 0.6) is 5.88 Å². The molecule has 0 spiro atoms. The second kappa shape index (κ2) is 12.3. The molecule has 0 atom stereocenters. The maximum atomic E-state index is 12.4. The molecule has 0 unspecified atom stereocenters. The van der Waals surface area contributed by atoms with E-state index >= 15 is 0 Å². The van der Waals surface area contributed by atoms with E-state index < -0.39 is 5.97 Å². The molecule has 0 fully saturated rings. The third kappa shape index (κ3) is 8.16. The van der Waals surface area contributed by atoms with Crippen LogP contribution in [0.2, 0.25) is 0 Å². The predicted molar refractivity (Wildman–Crippen MR) is 141 cm³/mol. The largest absolute Gasteiger partial charge is 0.404 e. The maximum absolute atomic E-state index is 12.4. The molecule has 178 valence electrons. The Morgan fingerprint density at radius 3 is 1.45 bits per heavy atom. The molecule has 1 aromatic heterocycles. The van der Waals surface area contributed by atoms with Crippen LogP contribution in [0.25, 0.3) is 11.1 Å². The molecular formula is C30H41NO2. The Labute approximate surface area is 201 Å². The highest BCUT2D eigenvalue weighted by atomic mass is 16.5. The van der Waals surface area contributed by atoms with E-state index in [1.165, 1.54) is 11.1 Å². The topological polar surface area (TPSA) is 39.2 Å². The maximum Gasteiger partial charge on any atom is 0.344 e. The van der Waals surface area contributed by atoms with Crippen molar-refractivity contribution in [2.75, 3.05) is 0 Å². The van der Waals surface area contributed by atoms with Crippen LogP contribution in [0.3, 0.4) is 0 Å². The third-order valence-corrected chi connectivity index (χ3v) is 5.00. The molecule has 2 aromatic carbocycles. The van der Waals surface area contributed by atoms with Gasteiger partial charge in [-0.2, -0.15) is 0 Å². The highest BCUT2D eigenvalue weighted by Crippen LogP contribution is 2.27. The summed E-state index contributed by atoms with van der Waals surface area (Å²) in [5.74, 6) is -0.106. The molecule has 3 nitrogen and oxygen atoms in total. The minimum absolute atomic E-state index is 0.0465. The number of aromatic nitrogens is 1. The first-order valence-corrected chi connectivity index (χ1v) is 11.9. The van der Waals surface area contributed by atoms with E-state index in [1.807, 2.05) is 45.9 Å². The van der Waals surface area contributed by atoms with E-state index in [-0.39, 0.29) is 10.8 Å². The van der Waals surface area contributed by atoms with E-state index in [1.54, 1.807) is 24.4 Å². The summed E-state index contributed by atoms with van der Waals surface area (Å²) in [6.45, 7) is 21.0. The fourth-order valence-electron chi connectivity index (χ4n) is 3.03. The van der Waals surface area contributed by atoms with Gasteiger partial charge in [-0.05, 0) is 45.7 Å². The van der Waals surface area contributed by atoms with Gasteiger partial charge in [0.15, 0.2) is 0 Å². The molecule has 33 heavy (non-hydrogen) atoms. The normalized spacial score (nSPS) is 10.8. The lowest BCUT2D eigenvalue weighted by Gasteiger charge is -2.19. The number of pyridine rings is 1. The van der Waals surface area contributed by atoms with Crippen molar-refractivity contribution in [3.8, 4) is 17.0 Å². The fraction of sp³-hybridized carbons (Fsp3) is 0.400. The molecule has 0 aliphatic heterocycles. The van der Waals surface area contributed by atoms with Gasteiger partial charge in [-0.15, -0.1) is 0 Å². The Balaban J connectivity index is 0.00000129. The average molecular weight is 448 g/mol. The first kappa shape index (κ1) is 28.1. The van der Waals surface area contributed by atoms with Gasteiger partial charge in [-0.25, -0.2) is 9.78 Å². The van der Waals surface area contributed by atoms with Crippen molar-refractivity contribution in [3.63, 3.8) is 0 Å². The van der Waals surface area contributed by atoms with E-state index in [0.29, 0.717) is 11.4 Å². The van der Waals surface area contributed by atoms with Crippen LogP contribution >= 0.6 is 0 Å². The van der Waals surface area contributed by atoms with Crippen LogP contribution in [0.4, 0.5) is 0 Å². The van der Waals surface area contributed by atoms with Gasteiger partial charge in [0.25, 0.3) is 0 Å². The summed E-state index contributed by atoms with van der Waals surface area (Å²) in [5, 5.41) is 0. The fourth-order valence-corrected chi connectivity index (χ4v) is 3.03. The Kier molecular flexibility index (Phi) is 10.5. The van der Waals surface area contributed by atoms with E-state index in [9.17, 15) is 4.79 Å². The Hall–Kier alpha value is -2.94. The van der Waals surface area contributed by atoms with Crippen molar-refractivity contribution in [1.29, 1.82) is 0 Å². The summed E-state index contributed by atoms with van der Waals surface area (Å²) in [7, 11) is 0. The van der Waals surface area contributed by atoms with Crippen LogP contribution in [0, 0.1) is 0 Å². The number of benzene rings is 2. The Morgan fingerprint density at radius 2 is 1.06 bits per heavy atom. The van der Waals surface area contributed by atoms with Crippen LogP contribution in [0.15, 0.2) is 66.9 Å². The highest BCUT2D eigenvalue weighted by molar-refractivity contribution is 5.90. The smallest absolute Gasteiger partial charge is 0.344 e. The van der Waals surface area contributed by atoms with E-state index in [4.69, 9.17) is 4.74 Å². The zero-order valence-corrected chi connectivity index (χ0v) is 22.1. The summed E-state index contributed by atoms with van der Waals surface area (Å²) in [6, 6.07) is 19.7. The van der Waals surface area contributed by atoms with Gasteiger partial charge >= 0.3 is 5.97 Å². The van der Waals surface area contributed by atoms with E-state index in [2.05, 4.69) is 70.8 Å². The quantitative estimate of drug-likeness (QED) is 0.377. The summed E-state index contributed by atoms with van der Waals surface area (Å²) >= 11 is 0. The lowest BCUT2D eigenvalue weighted by atomic mass is 9.86. The molecule has 0 aliphatic carbocycles. The highest BCUT2D eigenvalue weighted by Gasteiger charge is 2.16. The lowest BCUT2D eigenvalue weighted by Crippen LogP contribution is -2.13. The lowest BCUT2D eigenvalue weighted by molar-refractivity contribution is 0.0727. The van der Waals surface area contributed by atoms with Crippen molar-refractivity contribution in [1.82, 2.24) is 4.98 Å². The monoisotopic (exact) mass is 447 g/mol. The van der Waals surface area contributed by atoms with Crippen molar-refractivity contribution >= 4 is 5.97 Å². The minimum atomic E-state index is -0.403. The van der Waals surface area contributed by atoms with Crippen LogP contribution in [0.1, 0.15) is 90.7 Å². The molecule has 0 amide bonds. The number of ether oxygens (including phenoxy) is 1. The van der Waals surface area contributed by atoms with Gasteiger partial charge in [0.05, 0.1) is 5.56 Å². The Morgan fingerprint density at radius 1 is 0.636 bits per heavy atom. The summed E-state index contributed by atoms with van der Waals surface area (Å²) in [6.07, 6.45) is 1.73. The minimum Gasteiger partial charge on any atom is -0.404 e. The molecule has 3 aromatic rings. The number of carbonyl (C=O) groups excluding carboxylic acids is 1. The average Bonchev–Trinajstić information content (AvgIpc) is 2.81. The van der Waals surface area contributed by atoms with Crippen LogP contribution in [-0.2, 0) is 10.8 Å². The number of hydrogen-bond acceptors (Lipinski definition) is 3. The number of carbonyl (C=O) groups is 1. The van der Waals surface area contributed by atoms with Crippen molar-refractivity contribution in [2.45, 2.75) is 80.1 Å². The second-order valence-corrected chi connectivity index (χ2v) is 9.43. The molecule has 0 aliphatic rings. The van der Waals surface area contributed by atoms with Crippen LogP contribution in [-0.4, -0.2) is 11.0 Å². The molecule has 0 bridgehead atoms. The van der Waals surface area contributed by atoms with E-state index in [0.717, 1.165) is 11.1 Å². The molecule has 0 saturated heterocycles. The summed E-state index contributed by atoms with van der Waals surface area (Å²) in [4.78, 5) is 16.7. The molecule has 3 heteroatoms. The van der Waals surface area contributed by atoms with Crippen molar-refractivity contribution < 1.29 is 9.53 Å². The van der Waals surface area contributed by atoms with Gasteiger partial charge < -0.3 is 4.74 Å². The zero-order valence-electron chi connectivity index (χ0n) is 22.1. The van der Waals surface area contributed by atoms with Gasteiger partial charge in [0, 0.05) is 17.8 Å². The van der Waals surface area contributed by atoms with Crippen LogP contribution < -0.4 is 4.74 Å². The number of rotatable bonds is 3. The number of esters is 1. The Bertz CT molecular complexity index is 972. The zero-order chi connectivity index (χ0) is 25.2. The number of hydrogen-bond donors (Lipinski definition) is 0. The van der Waals surface area contributed by atoms with Gasteiger partial charge in [-0.1, -0.05) is 106 Å². The molecular weight excluding hydrogens is 406 g/mol. The summed E-state index contributed by atoms with van der Waals surface area (Å²) in [5.41, 5.74) is 5.22. The molecule has 3 rings (SSSR count). The van der Waals surface area contributed by atoms with Gasteiger partial charge in [0.1, 0.15) is 0 Å². The standard InChI is InChI=1S/C26H29NO2.2C2H6/c1-25(2,3)21-12-7-18(8-13-21)20-11-16-23(27-17-20)29-24(28)19-9-14-22(15-10-19)26(4,5)6;2*1-2/h7-17H,1-6H3;2*1-2H3. The third-order valence-electron chi connectivity index (χ3n) is 5.00. The number of nitrogens with zero attached hydrogens (tertiary/aromatic N) is 1. The molecule has 1 heterocycles. The first-order valence-electron chi connectivity index (χ1n) is 11.9. The van der Waals surface area contributed by atoms with Gasteiger partial charge in [-0.3, -0.25) is 0 Å². The molecule has 0 radical (unpaired) electrons.